The molecule has 0 radical (unpaired) electrons. The first kappa shape index (κ1) is 24.6. The molecule has 8 heteroatoms. The first-order valence-corrected chi connectivity index (χ1v) is 12.2. The summed E-state index contributed by atoms with van der Waals surface area (Å²) in [6.07, 6.45) is 2.90. The number of aromatic nitrogens is 1. The average molecular weight is 505 g/mol. The summed E-state index contributed by atoms with van der Waals surface area (Å²) in [7, 11) is 0. The molecular weight excluding hydrogens is 472 g/mol. The van der Waals surface area contributed by atoms with Crippen molar-refractivity contribution in [3.63, 3.8) is 0 Å². The molecule has 1 aliphatic carbocycles. The summed E-state index contributed by atoms with van der Waals surface area (Å²) in [5.41, 5.74) is 7.00. The van der Waals surface area contributed by atoms with Crippen molar-refractivity contribution in [1.82, 2.24) is 9.88 Å². The predicted molar refractivity (Wildman–Crippen MR) is 129 cm³/mol. The maximum absolute atomic E-state index is 12.8. The SMILES string of the molecule is CC1(N)CCC(C(C)(C)N(CC(O)COc2cccc3[nH]c(C#N)cc23)C(=O)CBr)CC1. The number of β-amino-alcohol motifs (C(OH)–C–C–N with tert-alkyl or cyclic N) is 1. The van der Waals surface area contributed by atoms with E-state index in [2.05, 4.69) is 47.8 Å². The summed E-state index contributed by atoms with van der Waals surface area (Å²) in [6.45, 7) is 6.47. The third-order valence-electron chi connectivity index (χ3n) is 6.81. The zero-order valence-electron chi connectivity index (χ0n) is 19.0. The molecule has 1 amide bonds. The minimum absolute atomic E-state index is 0.0415. The molecule has 1 unspecified atom stereocenters. The number of nitrogens with one attached hydrogen (secondary N) is 1. The molecule has 0 saturated heterocycles. The molecule has 1 aliphatic rings. The molecule has 7 nitrogen and oxygen atoms in total. The highest BCUT2D eigenvalue weighted by Gasteiger charge is 2.41. The lowest BCUT2D eigenvalue weighted by molar-refractivity contribution is -0.139. The van der Waals surface area contributed by atoms with E-state index < -0.39 is 11.6 Å². The highest BCUT2D eigenvalue weighted by Crippen LogP contribution is 2.39. The van der Waals surface area contributed by atoms with Gasteiger partial charge in [0, 0.05) is 16.5 Å². The number of nitrogens with zero attached hydrogens (tertiary/aromatic N) is 2. The van der Waals surface area contributed by atoms with Crippen LogP contribution in [-0.4, -0.2) is 56.6 Å². The van der Waals surface area contributed by atoms with Crippen LogP contribution in [0.2, 0.25) is 0 Å². The van der Waals surface area contributed by atoms with Crippen molar-refractivity contribution in [2.24, 2.45) is 11.7 Å². The van der Waals surface area contributed by atoms with Gasteiger partial charge in [-0.2, -0.15) is 5.26 Å². The predicted octanol–water partition coefficient (Wildman–Crippen LogP) is 3.69. The standard InChI is InChI=1S/C24H33BrN4O3/c1-23(2,16-7-9-24(3,27)10-8-16)29(22(31)12-25)14-18(30)15-32-21-6-4-5-20-19(21)11-17(13-26)28-20/h4-6,11,16,18,28,30H,7-10,12,14-15,27H2,1-3H3. The van der Waals surface area contributed by atoms with Crippen molar-refractivity contribution in [2.75, 3.05) is 18.5 Å². The zero-order valence-corrected chi connectivity index (χ0v) is 20.6. The molecular formula is C24H33BrN4O3. The van der Waals surface area contributed by atoms with E-state index in [0.717, 1.165) is 36.6 Å². The molecule has 32 heavy (non-hydrogen) atoms. The van der Waals surface area contributed by atoms with E-state index in [1.54, 1.807) is 17.0 Å². The summed E-state index contributed by atoms with van der Waals surface area (Å²) in [5.74, 6) is 0.848. The number of nitriles is 1. The van der Waals surface area contributed by atoms with Gasteiger partial charge in [0.25, 0.3) is 0 Å². The Hall–Kier alpha value is -2.08. The number of carbonyl (C=O) groups is 1. The van der Waals surface area contributed by atoms with Gasteiger partial charge in [0.15, 0.2) is 0 Å². The number of aromatic amines is 1. The Morgan fingerprint density at radius 3 is 2.78 bits per heavy atom. The van der Waals surface area contributed by atoms with Gasteiger partial charge in [0.2, 0.25) is 5.91 Å². The topological polar surface area (TPSA) is 115 Å². The Morgan fingerprint density at radius 1 is 1.47 bits per heavy atom. The van der Waals surface area contributed by atoms with Gasteiger partial charge < -0.3 is 25.5 Å². The first-order chi connectivity index (χ1) is 15.1. The number of hydrogen-bond acceptors (Lipinski definition) is 5. The number of aliphatic hydroxyl groups is 1. The van der Waals surface area contributed by atoms with Crippen molar-refractivity contribution in [2.45, 2.75) is 63.6 Å². The van der Waals surface area contributed by atoms with Crippen LogP contribution < -0.4 is 10.5 Å². The minimum Gasteiger partial charge on any atom is -0.490 e. The summed E-state index contributed by atoms with van der Waals surface area (Å²) in [4.78, 5) is 17.6. The number of halogens is 1. The van der Waals surface area contributed by atoms with Crippen molar-refractivity contribution in [3.05, 3.63) is 30.0 Å². The second-order valence-electron chi connectivity index (χ2n) is 9.70. The van der Waals surface area contributed by atoms with Crippen molar-refractivity contribution < 1.29 is 14.6 Å². The Labute approximate surface area is 198 Å². The summed E-state index contributed by atoms with van der Waals surface area (Å²) in [6, 6.07) is 9.33. The highest BCUT2D eigenvalue weighted by atomic mass is 79.9. The van der Waals surface area contributed by atoms with E-state index in [1.807, 2.05) is 12.1 Å². The molecule has 0 spiro atoms. The number of fused-ring (bicyclic) bond motifs is 1. The van der Waals surface area contributed by atoms with E-state index in [-0.39, 0.29) is 29.9 Å². The quantitative estimate of drug-likeness (QED) is 0.474. The lowest BCUT2D eigenvalue weighted by Gasteiger charge is -2.48. The smallest absolute Gasteiger partial charge is 0.233 e. The van der Waals surface area contributed by atoms with Gasteiger partial charge in [-0.25, -0.2) is 0 Å². The number of amides is 1. The Kier molecular flexibility index (Phi) is 7.53. The number of nitrogens with two attached hydrogens (primary N) is 1. The van der Waals surface area contributed by atoms with Gasteiger partial charge in [-0.05, 0) is 70.6 Å². The summed E-state index contributed by atoms with van der Waals surface area (Å²) < 4.78 is 5.89. The molecule has 3 rings (SSSR count). The summed E-state index contributed by atoms with van der Waals surface area (Å²) in [5, 5.41) is 20.9. The third-order valence-corrected chi connectivity index (χ3v) is 7.29. The van der Waals surface area contributed by atoms with Crippen molar-refractivity contribution >= 4 is 32.7 Å². The number of carbonyl (C=O) groups excluding carboxylic acids is 1. The Balaban J connectivity index is 1.69. The zero-order chi connectivity index (χ0) is 23.5. The van der Waals surface area contributed by atoms with E-state index in [1.165, 1.54) is 0 Å². The molecule has 0 aliphatic heterocycles. The third kappa shape index (κ3) is 5.45. The van der Waals surface area contributed by atoms with Gasteiger partial charge in [-0.1, -0.05) is 22.0 Å². The fourth-order valence-corrected chi connectivity index (χ4v) is 5.00. The van der Waals surface area contributed by atoms with Crippen LogP contribution in [-0.2, 0) is 4.79 Å². The number of ether oxygens (including phenoxy) is 1. The van der Waals surface area contributed by atoms with E-state index in [9.17, 15) is 9.90 Å². The van der Waals surface area contributed by atoms with Crippen LogP contribution in [0.15, 0.2) is 24.3 Å². The van der Waals surface area contributed by atoms with Crippen LogP contribution in [0.3, 0.4) is 0 Å². The second-order valence-corrected chi connectivity index (χ2v) is 10.3. The van der Waals surface area contributed by atoms with Crippen LogP contribution >= 0.6 is 15.9 Å². The minimum atomic E-state index is -0.856. The first-order valence-electron chi connectivity index (χ1n) is 11.1. The molecule has 1 saturated carbocycles. The molecule has 0 bridgehead atoms. The molecule has 4 N–H and O–H groups in total. The van der Waals surface area contributed by atoms with Crippen LogP contribution in [0, 0.1) is 17.2 Å². The van der Waals surface area contributed by atoms with Gasteiger partial charge in [-0.3, -0.25) is 4.79 Å². The molecule has 1 atom stereocenters. The van der Waals surface area contributed by atoms with Gasteiger partial charge in [-0.15, -0.1) is 0 Å². The molecule has 174 valence electrons. The maximum atomic E-state index is 12.8. The second kappa shape index (κ2) is 9.82. The molecule has 1 fully saturated rings. The number of H-pyrrole nitrogens is 1. The molecule has 1 heterocycles. The van der Waals surface area contributed by atoms with Gasteiger partial charge >= 0.3 is 0 Å². The fourth-order valence-electron chi connectivity index (χ4n) is 4.70. The normalized spacial score (nSPS) is 22.3. The number of alkyl halides is 1. The number of benzene rings is 1. The Bertz CT molecular complexity index is 985. The van der Waals surface area contributed by atoms with E-state index >= 15 is 0 Å². The average Bonchev–Trinajstić information content (AvgIpc) is 3.19. The lowest BCUT2D eigenvalue weighted by Crippen LogP contribution is -2.57. The molecule has 1 aromatic carbocycles. The van der Waals surface area contributed by atoms with Crippen LogP contribution in [0.4, 0.5) is 0 Å². The van der Waals surface area contributed by atoms with E-state index in [4.69, 9.17) is 15.7 Å². The van der Waals surface area contributed by atoms with Gasteiger partial charge in [0.05, 0.1) is 17.4 Å². The number of rotatable bonds is 8. The van der Waals surface area contributed by atoms with Crippen molar-refractivity contribution in [3.8, 4) is 11.8 Å². The monoisotopic (exact) mass is 504 g/mol. The van der Waals surface area contributed by atoms with Gasteiger partial charge in [0.1, 0.15) is 30.2 Å². The fraction of sp³-hybridized carbons (Fsp3) is 0.583. The van der Waals surface area contributed by atoms with Crippen molar-refractivity contribution in [1.29, 1.82) is 5.26 Å². The van der Waals surface area contributed by atoms with Crippen LogP contribution in [0.5, 0.6) is 5.75 Å². The maximum Gasteiger partial charge on any atom is 0.233 e. The van der Waals surface area contributed by atoms with Crippen LogP contribution in [0.1, 0.15) is 52.1 Å². The van der Waals surface area contributed by atoms with Crippen LogP contribution in [0.25, 0.3) is 10.9 Å². The number of hydrogen-bond donors (Lipinski definition) is 3. The van der Waals surface area contributed by atoms with E-state index in [0.29, 0.717) is 17.4 Å². The Morgan fingerprint density at radius 2 is 2.16 bits per heavy atom. The summed E-state index contributed by atoms with van der Waals surface area (Å²) >= 11 is 3.30. The molecule has 1 aromatic heterocycles. The number of aliphatic hydroxyl groups excluding tert-OH is 1. The molecule has 2 aromatic rings. The highest BCUT2D eigenvalue weighted by molar-refractivity contribution is 9.09. The largest absolute Gasteiger partial charge is 0.490 e. The lowest BCUT2D eigenvalue weighted by atomic mass is 9.70.